The number of hydrogen-bond acceptors (Lipinski definition) is 6. The van der Waals surface area contributed by atoms with E-state index in [1.54, 1.807) is 54.6 Å². The van der Waals surface area contributed by atoms with Gasteiger partial charge in [-0.3, -0.25) is 19.3 Å². The van der Waals surface area contributed by atoms with Gasteiger partial charge in [-0.25, -0.2) is 9.78 Å². The van der Waals surface area contributed by atoms with Crippen LogP contribution in [0.1, 0.15) is 46.5 Å². The normalized spacial score (nSPS) is 22.3. The minimum atomic E-state index is -1.06. The Hall–Kier alpha value is -4.14. The van der Waals surface area contributed by atoms with E-state index in [9.17, 15) is 19.2 Å². The minimum absolute atomic E-state index is 0.136. The number of pyridine rings is 1. The third-order valence-electron chi connectivity index (χ3n) is 9.21. The van der Waals surface area contributed by atoms with Gasteiger partial charge >= 0.3 is 5.97 Å². The van der Waals surface area contributed by atoms with Crippen molar-refractivity contribution in [1.29, 1.82) is 0 Å². The number of fused-ring (bicyclic) bond motifs is 6. The van der Waals surface area contributed by atoms with Gasteiger partial charge in [0.05, 0.1) is 34.3 Å². The standard InChI is InChI=1S/C36H28BrClN2O5/c1-3-19-14-24(37)16-27-28(36(44)45-18(2)33(41)23-5-4-6-25(38)15-23)17-29(39-32(19)27)20-9-11-26(12-10-20)40-34(42)30-21-7-8-22(13-21)31(30)35(40)43/h4-12,14-18,21-22,30-31H,3,13H2,1-2H3. The largest absolute Gasteiger partial charge is 0.451 e. The number of rotatable bonds is 7. The molecule has 0 radical (unpaired) electrons. The zero-order chi connectivity index (χ0) is 31.6. The first-order valence-electron chi connectivity index (χ1n) is 14.9. The molecule has 2 amide bonds. The summed E-state index contributed by atoms with van der Waals surface area (Å²) in [5, 5.41) is 1.01. The average Bonchev–Trinajstić information content (AvgIpc) is 3.73. The topological polar surface area (TPSA) is 93.6 Å². The molecule has 3 aliphatic rings. The van der Waals surface area contributed by atoms with Crippen LogP contribution in [0.3, 0.4) is 0 Å². The van der Waals surface area contributed by atoms with Crippen LogP contribution in [0.4, 0.5) is 5.69 Å². The van der Waals surface area contributed by atoms with Crippen molar-refractivity contribution in [3.63, 3.8) is 0 Å². The van der Waals surface area contributed by atoms with Gasteiger partial charge in [-0.05, 0) is 79.6 Å². The number of carbonyl (C=O) groups is 4. The van der Waals surface area contributed by atoms with E-state index in [-0.39, 0.29) is 46.8 Å². The number of benzene rings is 3. The van der Waals surface area contributed by atoms with E-state index in [2.05, 4.69) is 28.1 Å². The number of ether oxygens (including phenoxy) is 1. The fourth-order valence-electron chi connectivity index (χ4n) is 7.04. The van der Waals surface area contributed by atoms with Crippen molar-refractivity contribution in [3.8, 4) is 11.3 Å². The van der Waals surface area contributed by atoms with Crippen LogP contribution in [0.2, 0.25) is 5.02 Å². The first kappa shape index (κ1) is 29.6. The molecule has 5 unspecified atom stereocenters. The molecule has 1 aliphatic heterocycles. The lowest BCUT2D eigenvalue weighted by Gasteiger charge is -2.18. The highest BCUT2D eigenvalue weighted by atomic mass is 79.9. The van der Waals surface area contributed by atoms with E-state index < -0.39 is 12.1 Å². The van der Waals surface area contributed by atoms with E-state index in [1.165, 1.54) is 11.8 Å². The molecule has 3 aromatic carbocycles. The van der Waals surface area contributed by atoms with Gasteiger partial charge in [-0.1, -0.05) is 70.9 Å². The quantitative estimate of drug-likeness (QED) is 0.0862. The maximum atomic E-state index is 13.7. The van der Waals surface area contributed by atoms with Crippen molar-refractivity contribution in [1.82, 2.24) is 4.98 Å². The van der Waals surface area contributed by atoms with Crippen molar-refractivity contribution in [2.75, 3.05) is 4.90 Å². The van der Waals surface area contributed by atoms with E-state index in [1.807, 2.05) is 19.1 Å². The van der Waals surface area contributed by atoms with Gasteiger partial charge in [-0.15, -0.1) is 0 Å². The molecule has 9 heteroatoms. The molecule has 2 heterocycles. The number of esters is 1. The minimum Gasteiger partial charge on any atom is -0.451 e. The molecule has 7 rings (SSSR count). The van der Waals surface area contributed by atoms with Crippen LogP contribution in [-0.2, 0) is 20.7 Å². The van der Waals surface area contributed by atoms with Crippen LogP contribution in [0, 0.1) is 23.7 Å². The number of aromatic nitrogens is 1. The lowest BCUT2D eigenvalue weighted by Crippen LogP contribution is -2.32. The molecule has 1 saturated heterocycles. The highest BCUT2D eigenvalue weighted by molar-refractivity contribution is 9.10. The number of halogens is 2. The molecule has 7 nitrogen and oxygen atoms in total. The van der Waals surface area contributed by atoms with Crippen LogP contribution >= 0.6 is 27.5 Å². The molecule has 226 valence electrons. The molecule has 0 N–H and O–H groups in total. The van der Waals surface area contributed by atoms with Crippen molar-refractivity contribution >= 4 is 67.7 Å². The molecule has 1 aromatic heterocycles. The lowest BCUT2D eigenvalue weighted by atomic mass is 9.85. The van der Waals surface area contributed by atoms with Crippen LogP contribution < -0.4 is 4.90 Å². The number of allylic oxidation sites excluding steroid dienone is 2. The second-order valence-electron chi connectivity index (χ2n) is 11.9. The predicted molar refractivity (Wildman–Crippen MR) is 175 cm³/mol. The third-order valence-corrected chi connectivity index (χ3v) is 9.90. The number of ketones is 1. The summed E-state index contributed by atoms with van der Waals surface area (Å²) in [4.78, 5) is 59.6. The van der Waals surface area contributed by atoms with E-state index in [4.69, 9.17) is 21.3 Å². The van der Waals surface area contributed by atoms with Gasteiger partial charge in [0, 0.05) is 26.0 Å². The van der Waals surface area contributed by atoms with Crippen LogP contribution in [-0.4, -0.2) is 34.7 Å². The van der Waals surface area contributed by atoms with Crippen molar-refractivity contribution < 1.29 is 23.9 Å². The maximum Gasteiger partial charge on any atom is 0.339 e. The first-order chi connectivity index (χ1) is 21.6. The molecule has 2 bridgehead atoms. The number of carbonyl (C=O) groups excluding carboxylic acids is 4. The first-order valence-corrected chi connectivity index (χ1v) is 16.1. The van der Waals surface area contributed by atoms with Gasteiger partial charge < -0.3 is 4.74 Å². The van der Waals surface area contributed by atoms with Crippen molar-refractivity contribution in [2.24, 2.45) is 23.7 Å². The summed E-state index contributed by atoms with van der Waals surface area (Å²) >= 11 is 9.62. The van der Waals surface area contributed by atoms with Crippen molar-refractivity contribution in [3.05, 3.63) is 105 Å². The third kappa shape index (κ3) is 5.00. The molecule has 2 aliphatic carbocycles. The Morgan fingerprint density at radius 2 is 1.69 bits per heavy atom. The number of Topliss-reactive ketones (excluding diaryl/α,β-unsaturated/α-hetero) is 1. The number of aryl methyl sites for hydroxylation is 1. The fraction of sp³-hybridized carbons (Fsp3) is 0.250. The predicted octanol–water partition coefficient (Wildman–Crippen LogP) is 7.62. The summed E-state index contributed by atoms with van der Waals surface area (Å²) in [6.07, 6.45) is 4.65. The Morgan fingerprint density at radius 3 is 2.33 bits per heavy atom. The SMILES string of the molecule is CCc1cc(Br)cc2c(C(=O)OC(C)C(=O)c3cccc(Cl)c3)cc(-c3ccc(N4C(=O)C5C6C=CC(C6)C5C4=O)cc3)nc12. The highest BCUT2D eigenvalue weighted by Crippen LogP contribution is 2.53. The summed E-state index contributed by atoms with van der Waals surface area (Å²) in [5.41, 5.74) is 3.92. The fourth-order valence-corrected chi connectivity index (χ4v) is 7.73. The summed E-state index contributed by atoms with van der Waals surface area (Å²) in [5.74, 6) is -1.58. The number of nitrogens with zero attached hydrogens (tertiary/aromatic N) is 2. The van der Waals surface area contributed by atoms with Gasteiger partial charge in [0.2, 0.25) is 17.6 Å². The zero-order valence-electron chi connectivity index (χ0n) is 24.5. The Labute approximate surface area is 273 Å². The number of anilines is 1. The molecule has 1 saturated carbocycles. The molecular formula is C36H28BrClN2O5. The summed E-state index contributed by atoms with van der Waals surface area (Å²) in [6.45, 7) is 3.55. The highest BCUT2D eigenvalue weighted by Gasteiger charge is 2.59. The number of imide groups is 1. The summed E-state index contributed by atoms with van der Waals surface area (Å²) in [7, 11) is 0. The summed E-state index contributed by atoms with van der Waals surface area (Å²) in [6, 6.07) is 19.0. The zero-order valence-corrected chi connectivity index (χ0v) is 26.8. The van der Waals surface area contributed by atoms with Crippen LogP contribution in [0.25, 0.3) is 22.2 Å². The maximum absolute atomic E-state index is 13.7. The Kier molecular flexibility index (Phi) is 7.45. The van der Waals surface area contributed by atoms with E-state index >= 15 is 0 Å². The Bertz CT molecular complexity index is 1930. The monoisotopic (exact) mass is 682 g/mol. The van der Waals surface area contributed by atoms with Gasteiger partial charge in [-0.2, -0.15) is 0 Å². The van der Waals surface area contributed by atoms with Gasteiger partial charge in [0.15, 0.2) is 6.10 Å². The molecule has 0 spiro atoms. The second kappa shape index (κ2) is 11.3. The van der Waals surface area contributed by atoms with Crippen LogP contribution in [0.15, 0.2) is 83.4 Å². The Balaban J connectivity index is 1.22. The van der Waals surface area contributed by atoms with E-state index in [0.29, 0.717) is 44.9 Å². The Morgan fingerprint density at radius 1 is 1.00 bits per heavy atom. The van der Waals surface area contributed by atoms with Gasteiger partial charge in [0.1, 0.15) is 0 Å². The van der Waals surface area contributed by atoms with Crippen LogP contribution in [0.5, 0.6) is 0 Å². The second-order valence-corrected chi connectivity index (χ2v) is 13.2. The molecular weight excluding hydrogens is 656 g/mol. The molecule has 5 atom stereocenters. The number of amides is 2. The van der Waals surface area contributed by atoms with Gasteiger partial charge in [0.25, 0.3) is 0 Å². The number of hydrogen-bond donors (Lipinski definition) is 0. The molecule has 4 aromatic rings. The van der Waals surface area contributed by atoms with Crippen molar-refractivity contribution in [2.45, 2.75) is 32.8 Å². The molecule has 45 heavy (non-hydrogen) atoms. The summed E-state index contributed by atoms with van der Waals surface area (Å²) < 4.78 is 6.50. The lowest BCUT2D eigenvalue weighted by molar-refractivity contribution is -0.123. The molecule has 2 fully saturated rings. The smallest absolute Gasteiger partial charge is 0.339 e. The van der Waals surface area contributed by atoms with E-state index in [0.717, 1.165) is 16.5 Å². The average molecular weight is 684 g/mol.